The van der Waals surface area contributed by atoms with E-state index in [1.807, 2.05) is 73.0 Å². The maximum absolute atomic E-state index is 6.75. The topological polar surface area (TPSA) is 69.2 Å². The van der Waals surface area contributed by atoms with E-state index < -0.39 is 0 Å². The van der Waals surface area contributed by atoms with Crippen LogP contribution in [0.5, 0.6) is 17.2 Å². The van der Waals surface area contributed by atoms with Gasteiger partial charge in [-0.1, -0.05) is 36.4 Å². The molecule has 0 saturated carbocycles. The summed E-state index contributed by atoms with van der Waals surface area (Å²) in [5.41, 5.74) is 3.56. The molecule has 0 fully saturated rings. The Labute approximate surface area is 168 Å². The van der Waals surface area contributed by atoms with Gasteiger partial charge in [0.2, 0.25) is 5.70 Å². The number of nitrogens with two attached hydrogens (primary N) is 1. The van der Waals surface area contributed by atoms with Crippen LogP contribution in [0, 0.1) is 0 Å². The minimum absolute atomic E-state index is 0.0357. The van der Waals surface area contributed by atoms with Gasteiger partial charge in [0.1, 0.15) is 17.6 Å². The second-order valence-electron chi connectivity index (χ2n) is 6.78. The monoisotopic (exact) mass is 383 g/mol. The van der Waals surface area contributed by atoms with Crippen molar-refractivity contribution < 1.29 is 14.1 Å². The lowest BCUT2D eigenvalue weighted by molar-refractivity contribution is -0.750. The number of hydrogen-bond acceptors (Lipinski definition) is 5. The van der Waals surface area contributed by atoms with Gasteiger partial charge in [0.05, 0.1) is 25.1 Å². The average molecular weight is 383 g/mol. The Morgan fingerprint density at radius 1 is 1.03 bits per heavy atom. The van der Waals surface area contributed by atoms with Gasteiger partial charge in [-0.15, -0.1) is 4.59 Å². The number of quaternary nitrogens is 1. The third-order valence-corrected chi connectivity index (χ3v) is 5.01. The maximum Gasteiger partial charge on any atom is 0.265 e. The van der Waals surface area contributed by atoms with Crippen LogP contribution in [0.2, 0.25) is 0 Å². The lowest BCUT2D eigenvalue weighted by Crippen LogP contribution is -2.53. The molecule has 2 heterocycles. The van der Waals surface area contributed by atoms with Gasteiger partial charge in [0, 0.05) is 5.57 Å². The van der Waals surface area contributed by atoms with Crippen molar-refractivity contribution in [3.05, 3.63) is 102 Å². The van der Waals surface area contributed by atoms with Crippen molar-refractivity contribution in [1.29, 1.82) is 0 Å². The smallest absolute Gasteiger partial charge is 0.265 e. The number of amidine groups is 1. The lowest BCUT2D eigenvalue weighted by atomic mass is 10.0. The van der Waals surface area contributed by atoms with Crippen molar-refractivity contribution in [1.82, 2.24) is 0 Å². The number of hydrogen-bond donors (Lipinski definition) is 1. The van der Waals surface area contributed by atoms with Crippen molar-refractivity contribution in [2.45, 2.75) is 0 Å². The first-order chi connectivity index (χ1) is 14.2. The summed E-state index contributed by atoms with van der Waals surface area (Å²) in [7, 11) is 1.62. The summed E-state index contributed by atoms with van der Waals surface area (Å²) < 4.78 is 11.5. The molecular weight excluding hydrogens is 364 g/mol. The minimum atomic E-state index is -0.0357. The zero-order valence-electron chi connectivity index (χ0n) is 15.8. The Morgan fingerprint density at radius 2 is 1.86 bits per heavy atom. The van der Waals surface area contributed by atoms with E-state index in [9.17, 15) is 0 Å². The number of fused-ring (bicyclic) bond motifs is 1. The molecule has 0 amide bonds. The van der Waals surface area contributed by atoms with Crippen molar-refractivity contribution >= 4 is 12.1 Å². The van der Waals surface area contributed by atoms with Gasteiger partial charge >= 0.3 is 0 Å². The lowest BCUT2D eigenvalue weighted by Gasteiger charge is -2.26. The standard InChI is InChI=1S/C23H19N4O2/c1-28-21-14-17(10-11-20(21)29-18-8-3-2-4-9-18)23-26-22(16-6-5-7-16)19-15-25-12-13-27(19,23)24/h2-15H,24H2,1H3/q+1. The highest BCUT2D eigenvalue weighted by Gasteiger charge is 2.45. The Morgan fingerprint density at radius 3 is 2.59 bits per heavy atom. The third-order valence-electron chi connectivity index (χ3n) is 5.01. The van der Waals surface area contributed by atoms with E-state index in [2.05, 4.69) is 4.99 Å². The average Bonchev–Trinajstić information content (AvgIpc) is 3.01. The third kappa shape index (κ3) is 2.82. The second-order valence-corrected chi connectivity index (χ2v) is 6.78. The minimum Gasteiger partial charge on any atom is -0.493 e. The molecule has 29 heavy (non-hydrogen) atoms. The summed E-state index contributed by atoms with van der Waals surface area (Å²) in [4.78, 5) is 9.12. The van der Waals surface area contributed by atoms with Gasteiger partial charge in [0.25, 0.3) is 5.84 Å². The van der Waals surface area contributed by atoms with E-state index in [-0.39, 0.29) is 4.59 Å². The van der Waals surface area contributed by atoms with Gasteiger partial charge in [-0.2, -0.15) is 10.8 Å². The van der Waals surface area contributed by atoms with Crippen LogP contribution in [-0.2, 0) is 0 Å². The molecule has 3 aliphatic rings. The summed E-state index contributed by atoms with van der Waals surface area (Å²) in [6.07, 6.45) is 11.3. The van der Waals surface area contributed by atoms with Crippen LogP contribution in [-0.4, -0.2) is 23.8 Å². The van der Waals surface area contributed by atoms with Crippen molar-refractivity contribution in [2.75, 3.05) is 7.11 Å². The van der Waals surface area contributed by atoms with E-state index in [1.54, 1.807) is 19.5 Å². The second kappa shape index (κ2) is 6.70. The van der Waals surface area contributed by atoms with Gasteiger partial charge < -0.3 is 9.47 Å². The van der Waals surface area contributed by atoms with E-state index in [4.69, 9.17) is 20.3 Å². The molecular formula is C23H19N4O2+. The van der Waals surface area contributed by atoms with Crippen LogP contribution in [0.15, 0.2) is 106 Å². The summed E-state index contributed by atoms with van der Waals surface area (Å²) in [6.45, 7) is 0. The van der Waals surface area contributed by atoms with Gasteiger partial charge in [-0.25, -0.2) is 0 Å². The van der Waals surface area contributed by atoms with E-state index in [0.29, 0.717) is 17.3 Å². The summed E-state index contributed by atoms with van der Waals surface area (Å²) in [5.74, 6) is 9.41. The first-order valence-electron chi connectivity index (χ1n) is 9.21. The van der Waals surface area contributed by atoms with E-state index in [0.717, 1.165) is 28.3 Å². The Kier molecular flexibility index (Phi) is 4.01. The number of rotatable bonds is 5. The molecule has 2 N–H and O–H groups in total. The zero-order chi connectivity index (χ0) is 19.8. The largest absolute Gasteiger partial charge is 0.493 e. The zero-order valence-corrected chi connectivity index (χ0v) is 15.8. The Hall–Kier alpha value is -3.74. The van der Waals surface area contributed by atoms with E-state index >= 15 is 0 Å². The molecule has 5 rings (SSSR count). The number of aliphatic imine (C=N–C) groups is 2. The number of allylic oxidation sites excluding steroid dienone is 4. The maximum atomic E-state index is 6.75. The van der Waals surface area contributed by atoms with Crippen LogP contribution in [0.3, 0.4) is 0 Å². The molecule has 142 valence electrons. The first kappa shape index (κ1) is 17.4. The number of methoxy groups -OCH3 is 1. The molecule has 0 bridgehead atoms. The number of para-hydroxylation sites is 1. The molecule has 0 spiro atoms. The predicted octanol–water partition coefficient (Wildman–Crippen LogP) is 4.20. The van der Waals surface area contributed by atoms with E-state index in [1.165, 1.54) is 0 Å². The molecule has 1 atom stereocenters. The normalized spacial score (nSPS) is 21.4. The van der Waals surface area contributed by atoms with Crippen LogP contribution in [0.25, 0.3) is 0 Å². The fourth-order valence-electron chi connectivity index (χ4n) is 3.45. The highest BCUT2D eigenvalue weighted by molar-refractivity contribution is 6.01. The van der Waals surface area contributed by atoms with Crippen molar-refractivity contribution in [3.8, 4) is 17.2 Å². The highest BCUT2D eigenvalue weighted by Crippen LogP contribution is 2.38. The number of ether oxygens (including phenoxy) is 2. The van der Waals surface area contributed by atoms with Gasteiger partial charge in [-0.05, 0) is 30.3 Å². The van der Waals surface area contributed by atoms with Crippen LogP contribution < -0.4 is 15.3 Å². The van der Waals surface area contributed by atoms with Crippen LogP contribution in [0.1, 0.15) is 5.56 Å². The fourth-order valence-corrected chi connectivity index (χ4v) is 3.45. The van der Waals surface area contributed by atoms with Gasteiger partial charge in [0.15, 0.2) is 11.5 Å². The van der Waals surface area contributed by atoms with Crippen LogP contribution in [0.4, 0.5) is 0 Å². The molecule has 1 aliphatic carbocycles. The van der Waals surface area contributed by atoms with Crippen molar-refractivity contribution in [2.24, 2.45) is 15.8 Å². The highest BCUT2D eigenvalue weighted by atomic mass is 16.5. The molecule has 6 nitrogen and oxygen atoms in total. The quantitative estimate of drug-likeness (QED) is 0.621. The number of nitrogens with zero attached hydrogens (tertiary/aromatic N) is 3. The summed E-state index contributed by atoms with van der Waals surface area (Å²) >= 11 is 0. The Balaban J connectivity index is 1.54. The molecule has 2 aliphatic heterocycles. The Bertz CT molecular complexity index is 1170. The summed E-state index contributed by atoms with van der Waals surface area (Å²) in [6, 6.07) is 15.3. The molecule has 1 unspecified atom stereocenters. The molecule has 0 radical (unpaired) electrons. The predicted molar refractivity (Wildman–Crippen MR) is 112 cm³/mol. The first-order valence-corrected chi connectivity index (χ1v) is 9.21. The molecule has 6 heteroatoms. The number of benzene rings is 2. The van der Waals surface area contributed by atoms with Crippen LogP contribution >= 0.6 is 0 Å². The SMILES string of the molecule is COc1cc(C2=NC(C3=CC=C3)=C3C=NC=C[N+]23N)ccc1Oc1ccccc1. The fraction of sp³-hybridized carbons (Fsp3) is 0.0435. The molecule has 2 aromatic carbocycles. The van der Waals surface area contributed by atoms with Crippen molar-refractivity contribution in [3.63, 3.8) is 0 Å². The molecule has 0 saturated heterocycles. The van der Waals surface area contributed by atoms with Gasteiger partial charge in [-0.3, -0.25) is 4.99 Å². The molecule has 2 aromatic rings. The summed E-state index contributed by atoms with van der Waals surface area (Å²) in [5, 5.41) is 0. The molecule has 0 aromatic heterocycles.